The number of pyridine rings is 1. The van der Waals surface area contributed by atoms with Crippen LogP contribution in [0.4, 0.5) is 11.5 Å². The number of nitrogens with one attached hydrogen (secondary N) is 2. The van der Waals surface area contributed by atoms with Crippen molar-refractivity contribution in [3.05, 3.63) is 52.6 Å². The summed E-state index contributed by atoms with van der Waals surface area (Å²) in [5.74, 6) is 0.0984. The molecular weight excluding hydrogens is 372 g/mol. The Kier molecular flexibility index (Phi) is 6.45. The minimum atomic E-state index is -0.218. The molecule has 0 atom stereocenters. The van der Waals surface area contributed by atoms with Crippen molar-refractivity contribution in [3.8, 4) is 0 Å². The first kappa shape index (κ1) is 18.1. The third-order valence-electron chi connectivity index (χ3n) is 3.16. The van der Waals surface area contributed by atoms with E-state index in [9.17, 15) is 9.59 Å². The van der Waals surface area contributed by atoms with Crippen LogP contribution in [-0.2, 0) is 9.59 Å². The number of carbonyl (C=O) groups excluding carboxylic acids is 2. The number of likely N-dealkylation sites (N-methyl/N-ethyl adjacent to an activating group) is 1. The summed E-state index contributed by atoms with van der Waals surface area (Å²) in [6, 6.07) is 11.0. The van der Waals surface area contributed by atoms with Crippen molar-refractivity contribution >= 4 is 39.2 Å². The fourth-order valence-corrected chi connectivity index (χ4v) is 2.47. The SMILES string of the molecule is Cc1ccnc(NC(=O)CN(C)CC(=O)Nc2ccccc2Br)c1. The van der Waals surface area contributed by atoms with E-state index < -0.39 is 0 Å². The lowest BCUT2D eigenvalue weighted by Crippen LogP contribution is -2.36. The maximum atomic E-state index is 12.0. The van der Waals surface area contributed by atoms with Crippen molar-refractivity contribution in [1.29, 1.82) is 0 Å². The molecule has 0 aliphatic heterocycles. The maximum absolute atomic E-state index is 12.0. The number of aryl methyl sites for hydroxylation is 1. The van der Waals surface area contributed by atoms with Gasteiger partial charge < -0.3 is 10.6 Å². The summed E-state index contributed by atoms with van der Waals surface area (Å²) >= 11 is 3.37. The van der Waals surface area contributed by atoms with Crippen molar-refractivity contribution in [2.75, 3.05) is 30.8 Å². The average molecular weight is 391 g/mol. The van der Waals surface area contributed by atoms with Crippen molar-refractivity contribution in [2.24, 2.45) is 0 Å². The normalized spacial score (nSPS) is 10.5. The van der Waals surface area contributed by atoms with Gasteiger partial charge in [-0.3, -0.25) is 14.5 Å². The number of amides is 2. The fraction of sp³-hybridized carbons (Fsp3) is 0.235. The highest BCUT2D eigenvalue weighted by molar-refractivity contribution is 9.10. The summed E-state index contributed by atoms with van der Waals surface area (Å²) in [4.78, 5) is 29.8. The lowest BCUT2D eigenvalue weighted by atomic mass is 10.3. The molecule has 0 radical (unpaired) electrons. The first-order chi connectivity index (χ1) is 11.4. The van der Waals surface area contributed by atoms with Gasteiger partial charge >= 0.3 is 0 Å². The van der Waals surface area contributed by atoms with Gasteiger partial charge in [-0.1, -0.05) is 12.1 Å². The highest BCUT2D eigenvalue weighted by atomic mass is 79.9. The third kappa shape index (κ3) is 5.75. The Morgan fingerprint density at radius 2 is 1.79 bits per heavy atom. The van der Waals surface area contributed by atoms with Crippen LogP contribution in [0, 0.1) is 6.92 Å². The summed E-state index contributed by atoms with van der Waals surface area (Å²) in [6.07, 6.45) is 1.64. The zero-order valence-electron chi connectivity index (χ0n) is 13.5. The predicted octanol–water partition coefficient (Wildman–Crippen LogP) is 2.66. The van der Waals surface area contributed by atoms with Gasteiger partial charge in [-0.05, 0) is 59.7 Å². The van der Waals surface area contributed by atoms with Crippen molar-refractivity contribution < 1.29 is 9.59 Å². The van der Waals surface area contributed by atoms with Gasteiger partial charge in [-0.15, -0.1) is 0 Å². The molecule has 1 heterocycles. The molecule has 2 amide bonds. The summed E-state index contributed by atoms with van der Waals surface area (Å²) in [5, 5.41) is 5.51. The molecule has 0 saturated carbocycles. The molecule has 0 bridgehead atoms. The quantitative estimate of drug-likeness (QED) is 0.794. The second kappa shape index (κ2) is 8.56. The van der Waals surface area contributed by atoms with E-state index in [1.807, 2.05) is 31.2 Å². The molecule has 2 rings (SSSR count). The zero-order valence-corrected chi connectivity index (χ0v) is 15.1. The van der Waals surface area contributed by atoms with Gasteiger partial charge in [0.2, 0.25) is 11.8 Å². The van der Waals surface area contributed by atoms with Crippen LogP contribution >= 0.6 is 15.9 Å². The number of aromatic nitrogens is 1. The van der Waals surface area contributed by atoms with E-state index >= 15 is 0 Å². The Balaban J connectivity index is 1.81. The Bertz CT molecular complexity index is 736. The number of nitrogens with zero attached hydrogens (tertiary/aromatic N) is 2. The van der Waals surface area contributed by atoms with Crippen LogP contribution in [0.3, 0.4) is 0 Å². The third-order valence-corrected chi connectivity index (χ3v) is 3.85. The van der Waals surface area contributed by atoms with Gasteiger partial charge in [-0.25, -0.2) is 4.98 Å². The Morgan fingerprint density at radius 3 is 2.46 bits per heavy atom. The molecule has 0 fully saturated rings. The molecule has 126 valence electrons. The van der Waals surface area contributed by atoms with Crippen LogP contribution in [0.2, 0.25) is 0 Å². The minimum absolute atomic E-state index is 0.0962. The molecule has 6 nitrogen and oxygen atoms in total. The second-order valence-corrected chi connectivity index (χ2v) is 6.32. The second-order valence-electron chi connectivity index (χ2n) is 5.47. The molecule has 7 heteroatoms. The van der Waals surface area contributed by atoms with Gasteiger partial charge in [0.05, 0.1) is 18.8 Å². The van der Waals surface area contributed by atoms with E-state index in [2.05, 4.69) is 31.5 Å². The minimum Gasteiger partial charge on any atom is -0.324 e. The van der Waals surface area contributed by atoms with Crippen molar-refractivity contribution in [3.63, 3.8) is 0 Å². The van der Waals surface area contributed by atoms with E-state index in [0.717, 1.165) is 10.0 Å². The number of carbonyl (C=O) groups is 2. The van der Waals surface area contributed by atoms with Crippen LogP contribution in [0.25, 0.3) is 0 Å². The maximum Gasteiger partial charge on any atom is 0.239 e. The highest BCUT2D eigenvalue weighted by Gasteiger charge is 2.12. The average Bonchev–Trinajstić information content (AvgIpc) is 2.49. The number of rotatable bonds is 6. The molecule has 0 spiro atoms. The van der Waals surface area contributed by atoms with Gasteiger partial charge in [0.1, 0.15) is 5.82 Å². The Labute approximate surface area is 149 Å². The Hall–Kier alpha value is -2.25. The standard InChI is InChI=1S/C17H19BrN4O2/c1-12-7-8-19-15(9-12)21-17(24)11-22(2)10-16(23)20-14-6-4-3-5-13(14)18/h3-9H,10-11H2,1-2H3,(H,20,23)(H,19,21,24). The van der Waals surface area contributed by atoms with Gasteiger partial charge in [0.25, 0.3) is 0 Å². The molecule has 2 aromatic rings. The smallest absolute Gasteiger partial charge is 0.239 e. The van der Waals surface area contributed by atoms with Crippen LogP contribution < -0.4 is 10.6 Å². The number of anilines is 2. The largest absolute Gasteiger partial charge is 0.324 e. The van der Waals surface area contributed by atoms with E-state index in [4.69, 9.17) is 0 Å². The molecular formula is C17H19BrN4O2. The van der Waals surface area contributed by atoms with E-state index in [-0.39, 0.29) is 24.9 Å². The summed E-state index contributed by atoms with van der Waals surface area (Å²) < 4.78 is 0.810. The number of para-hydroxylation sites is 1. The number of hydrogen-bond donors (Lipinski definition) is 2. The molecule has 24 heavy (non-hydrogen) atoms. The molecule has 1 aromatic carbocycles. The predicted molar refractivity (Wildman–Crippen MR) is 97.9 cm³/mol. The highest BCUT2D eigenvalue weighted by Crippen LogP contribution is 2.20. The van der Waals surface area contributed by atoms with E-state index in [1.54, 1.807) is 30.3 Å². The first-order valence-corrected chi connectivity index (χ1v) is 8.19. The molecule has 0 aliphatic rings. The molecule has 0 aliphatic carbocycles. The lowest BCUT2D eigenvalue weighted by molar-refractivity contribution is -0.119. The first-order valence-electron chi connectivity index (χ1n) is 7.39. The van der Waals surface area contributed by atoms with E-state index in [1.165, 1.54) is 0 Å². The number of halogens is 1. The Morgan fingerprint density at radius 1 is 1.12 bits per heavy atom. The molecule has 2 N–H and O–H groups in total. The van der Waals surface area contributed by atoms with Crippen molar-refractivity contribution in [1.82, 2.24) is 9.88 Å². The number of benzene rings is 1. The zero-order chi connectivity index (χ0) is 17.5. The van der Waals surface area contributed by atoms with E-state index in [0.29, 0.717) is 11.5 Å². The van der Waals surface area contributed by atoms with Gasteiger partial charge in [0.15, 0.2) is 0 Å². The van der Waals surface area contributed by atoms with Crippen LogP contribution in [-0.4, -0.2) is 41.8 Å². The van der Waals surface area contributed by atoms with Crippen LogP contribution in [0.1, 0.15) is 5.56 Å². The van der Waals surface area contributed by atoms with Gasteiger partial charge in [-0.2, -0.15) is 0 Å². The summed E-state index contributed by atoms with van der Waals surface area (Å²) in [6.45, 7) is 2.13. The monoisotopic (exact) mass is 390 g/mol. The molecule has 1 aromatic heterocycles. The lowest BCUT2D eigenvalue weighted by Gasteiger charge is -2.16. The summed E-state index contributed by atoms with van der Waals surface area (Å²) in [7, 11) is 1.71. The summed E-state index contributed by atoms with van der Waals surface area (Å²) in [5.41, 5.74) is 1.71. The van der Waals surface area contributed by atoms with Gasteiger partial charge in [0, 0.05) is 10.7 Å². The van der Waals surface area contributed by atoms with Crippen LogP contribution in [0.15, 0.2) is 47.1 Å². The van der Waals surface area contributed by atoms with Crippen molar-refractivity contribution in [2.45, 2.75) is 6.92 Å². The topological polar surface area (TPSA) is 74.3 Å². The number of hydrogen-bond acceptors (Lipinski definition) is 4. The fourth-order valence-electron chi connectivity index (χ4n) is 2.09. The molecule has 0 saturated heterocycles. The van der Waals surface area contributed by atoms with Crippen LogP contribution in [0.5, 0.6) is 0 Å². The molecule has 0 unspecified atom stereocenters.